The average Bonchev–Trinajstić information content (AvgIpc) is 2.79. The molecule has 2 aromatic heterocycles. The first-order valence-corrected chi connectivity index (χ1v) is 7.07. The molecule has 2 nitrogen and oxygen atoms in total. The second-order valence-corrected chi connectivity index (χ2v) is 5.82. The van der Waals surface area contributed by atoms with Gasteiger partial charge in [-0.1, -0.05) is 6.07 Å². The van der Waals surface area contributed by atoms with Crippen molar-refractivity contribution in [1.29, 1.82) is 0 Å². The zero-order valence-corrected chi connectivity index (χ0v) is 12.8. The first kappa shape index (κ1) is 12.4. The zero-order chi connectivity index (χ0) is 13.6. The molecular weight excluding hydrogens is 300 g/mol. The van der Waals surface area contributed by atoms with E-state index in [0.29, 0.717) is 0 Å². The van der Waals surface area contributed by atoms with Gasteiger partial charge in [-0.05, 0) is 71.6 Å². The third kappa shape index (κ3) is 2.08. The summed E-state index contributed by atoms with van der Waals surface area (Å²) in [6.07, 6.45) is 4.10. The van der Waals surface area contributed by atoms with Crippen molar-refractivity contribution in [2.45, 2.75) is 20.8 Å². The third-order valence-electron chi connectivity index (χ3n) is 3.55. The summed E-state index contributed by atoms with van der Waals surface area (Å²) < 4.78 is 3.07. The van der Waals surface area contributed by atoms with Gasteiger partial charge in [0, 0.05) is 18.0 Å². The Labute approximate surface area is 121 Å². The number of fused-ring (bicyclic) bond motifs is 1. The molecule has 3 heteroatoms. The molecule has 0 spiro atoms. The van der Waals surface area contributed by atoms with Gasteiger partial charge >= 0.3 is 0 Å². The Kier molecular flexibility index (Phi) is 2.94. The Morgan fingerprint density at radius 2 is 1.79 bits per heavy atom. The Morgan fingerprint density at radius 3 is 2.53 bits per heavy atom. The van der Waals surface area contributed by atoms with Crippen LogP contribution in [0.5, 0.6) is 0 Å². The molecule has 19 heavy (non-hydrogen) atoms. The van der Waals surface area contributed by atoms with Crippen LogP contribution in [0.2, 0.25) is 0 Å². The lowest BCUT2D eigenvalue weighted by atomic mass is 9.99. The van der Waals surface area contributed by atoms with Gasteiger partial charge in [0.15, 0.2) is 5.65 Å². The third-order valence-corrected chi connectivity index (χ3v) is 4.17. The predicted molar refractivity (Wildman–Crippen MR) is 82.5 cm³/mol. The Hall–Kier alpha value is -1.61. The van der Waals surface area contributed by atoms with Crippen LogP contribution in [0.4, 0.5) is 0 Å². The van der Waals surface area contributed by atoms with Crippen molar-refractivity contribution in [3.8, 4) is 11.3 Å². The second-order valence-electron chi connectivity index (χ2n) is 4.96. The molecule has 1 aromatic carbocycles. The highest BCUT2D eigenvalue weighted by Gasteiger charge is 2.10. The van der Waals surface area contributed by atoms with Crippen LogP contribution in [0.1, 0.15) is 16.7 Å². The SMILES string of the molecule is Cc1cc(C)c(-c2cn3cccc(Br)c3n2)cc1C. The second kappa shape index (κ2) is 4.49. The molecule has 0 atom stereocenters. The lowest BCUT2D eigenvalue weighted by molar-refractivity contribution is 1.18. The molecule has 0 aliphatic heterocycles. The van der Waals surface area contributed by atoms with E-state index in [1.807, 2.05) is 22.7 Å². The maximum Gasteiger partial charge on any atom is 0.151 e. The summed E-state index contributed by atoms with van der Waals surface area (Å²) in [6.45, 7) is 6.43. The molecule has 3 aromatic rings. The van der Waals surface area contributed by atoms with E-state index in [1.165, 1.54) is 22.3 Å². The molecule has 0 aliphatic carbocycles. The van der Waals surface area contributed by atoms with E-state index in [9.17, 15) is 0 Å². The predicted octanol–water partition coefficient (Wildman–Crippen LogP) is 4.69. The molecule has 0 saturated heterocycles. The van der Waals surface area contributed by atoms with E-state index in [4.69, 9.17) is 4.98 Å². The average molecular weight is 315 g/mol. The van der Waals surface area contributed by atoms with E-state index in [1.54, 1.807) is 0 Å². The zero-order valence-electron chi connectivity index (χ0n) is 11.2. The van der Waals surface area contributed by atoms with Gasteiger partial charge in [-0.15, -0.1) is 0 Å². The van der Waals surface area contributed by atoms with Gasteiger partial charge in [0.2, 0.25) is 0 Å². The summed E-state index contributed by atoms with van der Waals surface area (Å²) in [6, 6.07) is 8.47. The van der Waals surface area contributed by atoms with Crippen molar-refractivity contribution in [2.75, 3.05) is 0 Å². The van der Waals surface area contributed by atoms with Crippen LogP contribution in [0.15, 0.2) is 41.1 Å². The monoisotopic (exact) mass is 314 g/mol. The van der Waals surface area contributed by atoms with Crippen molar-refractivity contribution in [2.24, 2.45) is 0 Å². The van der Waals surface area contributed by atoms with Gasteiger partial charge in [0.1, 0.15) is 0 Å². The molecule has 0 saturated carbocycles. The fraction of sp³-hybridized carbons (Fsp3) is 0.188. The number of imidazole rings is 1. The summed E-state index contributed by atoms with van der Waals surface area (Å²) in [4.78, 5) is 4.73. The highest BCUT2D eigenvalue weighted by molar-refractivity contribution is 9.10. The minimum absolute atomic E-state index is 0.954. The molecule has 0 fully saturated rings. The largest absolute Gasteiger partial charge is 0.306 e. The molecule has 96 valence electrons. The Balaban J connectivity index is 2.25. The van der Waals surface area contributed by atoms with Crippen molar-refractivity contribution in [3.63, 3.8) is 0 Å². The number of nitrogens with zero attached hydrogens (tertiary/aromatic N) is 2. The maximum atomic E-state index is 4.73. The summed E-state index contributed by atoms with van der Waals surface area (Å²) in [5, 5.41) is 0. The van der Waals surface area contributed by atoms with Crippen molar-refractivity contribution < 1.29 is 0 Å². The fourth-order valence-electron chi connectivity index (χ4n) is 2.34. The van der Waals surface area contributed by atoms with Gasteiger partial charge < -0.3 is 4.40 Å². The molecule has 0 bridgehead atoms. The lowest BCUT2D eigenvalue weighted by Gasteiger charge is -2.07. The van der Waals surface area contributed by atoms with Crippen LogP contribution in [-0.4, -0.2) is 9.38 Å². The van der Waals surface area contributed by atoms with Crippen LogP contribution in [0.3, 0.4) is 0 Å². The molecule has 0 aliphatic rings. The van der Waals surface area contributed by atoms with E-state index in [-0.39, 0.29) is 0 Å². The highest BCUT2D eigenvalue weighted by Crippen LogP contribution is 2.27. The first-order chi connectivity index (χ1) is 9.06. The number of hydrogen-bond acceptors (Lipinski definition) is 1. The van der Waals surface area contributed by atoms with Crippen molar-refractivity contribution in [3.05, 3.63) is 57.8 Å². The van der Waals surface area contributed by atoms with Crippen molar-refractivity contribution in [1.82, 2.24) is 9.38 Å². The van der Waals surface area contributed by atoms with E-state index < -0.39 is 0 Å². The molecule has 0 N–H and O–H groups in total. The van der Waals surface area contributed by atoms with Gasteiger partial charge in [0.05, 0.1) is 10.2 Å². The van der Waals surface area contributed by atoms with Gasteiger partial charge in [-0.25, -0.2) is 4.98 Å². The molecule has 3 rings (SSSR count). The first-order valence-electron chi connectivity index (χ1n) is 6.27. The van der Waals surface area contributed by atoms with Gasteiger partial charge in [0.25, 0.3) is 0 Å². The summed E-state index contributed by atoms with van der Waals surface area (Å²) in [5.74, 6) is 0. The van der Waals surface area contributed by atoms with Crippen LogP contribution in [-0.2, 0) is 0 Å². The molecule has 0 unspecified atom stereocenters. The van der Waals surface area contributed by atoms with Crippen molar-refractivity contribution >= 4 is 21.6 Å². The topological polar surface area (TPSA) is 17.3 Å². The van der Waals surface area contributed by atoms with E-state index in [0.717, 1.165) is 15.8 Å². The molecular formula is C16H15BrN2. The maximum absolute atomic E-state index is 4.73. The minimum Gasteiger partial charge on any atom is -0.306 e. The quantitative estimate of drug-likeness (QED) is 0.637. The number of aromatic nitrogens is 2. The summed E-state index contributed by atoms with van der Waals surface area (Å²) >= 11 is 3.54. The van der Waals surface area contributed by atoms with Crippen LogP contribution in [0, 0.1) is 20.8 Å². The standard InChI is InChI=1S/C16H15BrN2/c1-10-7-12(3)13(8-11(10)2)15-9-19-6-4-5-14(17)16(19)18-15/h4-9H,1-3H3. The molecule has 0 radical (unpaired) electrons. The van der Waals surface area contributed by atoms with Gasteiger partial charge in [-0.2, -0.15) is 0 Å². The molecule has 0 amide bonds. The smallest absolute Gasteiger partial charge is 0.151 e. The Bertz CT molecular complexity index is 772. The lowest BCUT2D eigenvalue weighted by Crippen LogP contribution is -1.88. The number of benzene rings is 1. The fourth-order valence-corrected chi connectivity index (χ4v) is 2.79. The summed E-state index contributed by atoms with van der Waals surface area (Å²) in [5.41, 5.74) is 7.08. The van der Waals surface area contributed by atoms with E-state index >= 15 is 0 Å². The van der Waals surface area contributed by atoms with E-state index in [2.05, 4.69) is 55.0 Å². The normalized spacial score (nSPS) is 11.2. The summed E-state index contributed by atoms with van der Waals surface area (Å²) in [7, 11) is 0. The number of aryl methyl sites for hydroxylation is 3. The minimum atomic E-state index is 0.954. The number of rotatable bonds is 1. The molecule has 2 heterocycles. The van der Waals surface area contributed by atoms with Gasteiger partial charge in [-0.3, -0.25) is 0 Å². The number of hydrogen-bond donors (Lipinski definition) is 0. The van der Waals surface area contributed by atoms with Crippen LogP contribution in [0.25, 0.3) is 16.9 Å². The van der Waals surface area contributed by atoms with Crippen LogP contribution < -0.4 is 0 Å². The van der Waals surface area contributed by atoms with Crippen LogP contribution >= 0.6 is 15.9 Å². The number of halogens is 1. The highest BCUT2D eigenvalue weighted by atomic mass is 79.9. The number of pyridine rings is 1. The Morgan fingerprint density at radius 1 is 1.05 bits per heavy atom.